The molecule has 0 aliphatic carbocycles. The molecule has 2 heterocycles. The lowest BCUT2D eigenvalue weighted by molar-refractivity contribution is 0.665. The average molecular weight is 253 g/mol. The molecule has 0 atom stereocenters. The summed E-state index contributed by atoms with van der Waals surface area (Å²) in [4.78, 5) is 8.36. The molecule has 0 amide bonds. The minimum Gasteiger partial charge on any atom is -0.383 e. The van der Waals surface area contributed by atoms with Gasteiger partial charge in [-0.25, -0.2) is 14.6 Å². The summed E-state index contributed by atoms with van der Waals surface area (Å²) >= 11 is 0. The first-order valence-corrected chi connectivity index (χ1v) is 6.29. The van der Waals surface area contributed by atoms with Crippen molar-refractivity contribution < 1.29 is 0 Å². The van der Waals surface area contributed by atoms with Crippen LogP contribution in [0, 0.1) is 0 Å². The molecule has 96 valence electrons. The standard InChI is InChI=1S/C14H15N5/c1-2-19-14-12(13(15)16-9-17-14)11(18-19)8-10-6-4-3-5-7-10/h3-7,9H,2,8H2,1H3,(H2,15,16,17). The van der Waals surface area contributed by atoms with Crippen LogP contribution in [-0.2, 0) is 13.0 Å². The predicted molar refractivity (Wildman–Crippen MR) is 74.7 cm³/mol. The molecule has 0 bridgehead atoms. The summed E-state index contributed by atoms with van der Waals surface area (Å²) in [6, 6.07) is 10.2. The monoisotopic (exact) mass is 253 g/mol. The van der Waals surface area contributed by atoms with E-state index in [1.165, 1.54) is 11.9 Å². The van der Waals surface area contributed by atoms with E-state index in [2.05, 4.69) is 27.2 Å². The molecule has 2 aromatic heterocycles. The van der Waals surface area contributed by atoms with Crippen molar-refractivity contribution in [3.63, 3.8) is 0 Å². The van der Waals surface area contributed by atoms with Crippen molar-refractivity contribution in [2.24, 2.45) is 0 Å². The molecule has 3 rings (SSSR count). The molecule has 0 radical (unpaired) electrons. The quantitative estimate of drug-likeness (QED) is 0.775. The third kappa shape index (κ3) is 2.03. The molecule has 0 unspecified atom stereocenters. The van der Waals surface area contributed by atoms with Crippen LogP contribution in [0.25, 0.3) is 11.0 Å². The van der Waals surface area contributed by atoms with Crippen molar-refractivity contribution in [1.29, 1.82) is 0 Å². The predicted octanol–water partition coefficient (Wildman–Crippen LogP) is 2.02. The van der Waals surface area contributed by atoms with Crippen LogP contribution in [0.5, 0.6) is 0 Å². The van der Waals surface area contributed by atoms with Crippen molar-refractivity contribution in [2.75, 3.05) is 5.73 Å². The maximum absolute atomic E-state index is 5.97. The van der Waals surface area contributed by atoms with Crippen LogP contribution in [-0.4, -0.2) is 19.7 Å². The third-order valence-corrected chi connectivity index (χ3v) is 3.15. The first-order chi connectivity index (χ1) is 9.29. The largest absolute Gasteiger partial charge is 0.383 e. The lowest BCUT2D eigenvalue weighted by Gasteiger charge is -1.99. The van der Waals surface area contributed by atoms with E-state index in [0.717, 1.165) is 29.7 Å². The van der Waals surface area contributed by atoms with Crippen molar-refractivity contribution in [2.45, 2.75) is 19.9 Å². The second-order valence-electron chi connectivity index (χ2n) is 4.38. The Morgan fingerprint density at radius 3 is 2.68 bits per heavy atom. The Morgan fingerprint density at radius 1 is 1.16 bits per heavy atom. The van der Waals surface area contributed by atoms with Gasteiger partial charge in [-0.05, 0) is 12.5 Å². The molecule has 0 fully saturated rings. The lowest BCUT2D eigenvalue weighted by atomic mass is 10.1. The molecule has 0 saturated carbocycles. The summed E-state index contributed by atoms with van der Waals surface area (Å²) in [6.45, 7) is 2.80. The van der Waals surface area contributed by atoms with E-state index in [0.29, 0.717) is 5.82 Å². The molecule has 5 heteroatoms. The van der Waals surface area contributed by atoms with E-state index in [1.807, 2.05) is 29.8 Å². The highest BCUT2D eigenvalue weighted by Gasteiger charge is 2.14. The number of rotatable bonds is 3. The lowest BCUT2D eigenvalue weighted by Crippen LogP contribution is -1.99. The molecule has 0 aliphatic rings. The third-order valence-electron chi connectivity index (χ3n) is 3.15. The fourth-order valence-electron chi connectivity index (χ4n) is 2.24. The van der Waals surface area contributed by atoms with Crippen LogP contribution in [0.15, 0.2) is 36.7 Å². The summed E-state index contributed by atoms with van der Waals surface area (Å²) in [7, 11) is 0. The highest BCUT2D eigenvalue weighted by molar-refractivity contribution is 5.88. The Morgan fingerprint density at radius 2 is 1.95 bits per heavy atom. The van der Waals surface area contributed by atoms with Gasteiger partial charge in [-0.3, -0.25) is 0 Å². The minimum absolute atomic E-state index is 0.496. The van der Waals surface area contributed by atoms with Crippen LogP contribution in [0.2, 0.25) is 0 Å². The Balaban J connectivity index is 2.13. The smallest absolute Gasteiger partial charge is 0.163 e. The Labute approximate surface area is 111 Å². The molecule has 5 nitrogen and oxygen atoms in total. The van der Waals surface area contributed by atoms with Crippen LogP contribution in [0.3, 0.4) is 0 Å². The summed E-state index contributed by atoms with van der Waals surface area (Å²) < 4.78 is 1.87. The van der Waals surface area contributed by atoms with Gasteiger partial charge in [-0.15, -0.1) is 0 Å². The number of hydrogen-bond donors (Lipinski definition) is 1. The van der Waals surface area contributed by atoms with Crippen LogP contribution in [0.4, 0.5) is 5.82 Å². The first kappa shape index (κ1) is 11.6. The molecule has 0 spiro atoms. The molecule has 0 aliphatic heterocycles. The number of fused-ring (bicyclic) bond motifs is 1. The fraction of sp³-hybridized carbons (Fsp3) is 0.214. The van der Waals surface area contributed by atoms with E-state index < -0.39 is 0 Å². The number of benzene rings is 1. The van der Waals surface area contributed by atoms with Gasteiger partial charge in [0.2, 0.25) is 0 Å². The summed E-state index contributed by atoms with van der Waals surface area (Å²) in [5, 5.41) is 5.47. The highest BCUT2D eigenvalue weighted by Crippen LogP contribution is 2.23. The van der Waals surface area contributed by atoms with E-state index in [9.17, 15) is 0 Å². The van der Waals surface area contributed by atoms with Gasteiger partial charge in [0.25, 0.3) is 0 Å². The van der Waals surface area contributed by atoms with Gasteiger partial charge >= 0.3 is 0 Å². The fourth-order valence-corrected chi connectivity index (χ4v) is 2.24. The SMILES string of the molecule is CCn1nc(Cc2ccccc2)c2c(N)ncnc21. The molecule has 1 aromatic carbocycles. The zero-order valence-electron chi connectivity index (χ0n) is 10.7. The number of nitrogen functional groups attached to an aromatic ring is 1. The number of aryl methyl sites for hydroxylation is 1. The number of anilines is 1. The van der Waals surface area contributed by atoms with Gasteiger partial charge in [-0.2, -0.15) is 5.10 Å². The van der Waals surface area contributed by atoms with Crippen molar-refractivity contribution >= 4 is 16.9 Å². The number of hydrogen-bond acceptors (Lipinski definition) is 4. The van der Waals surface area contributed by atoms with E-state index >= 15 is 0 Å². The number of nitrogens with two attached hydrogens (primary N) is 1. The highest BCUT2D eigenvalue weighted by atomic mass is 15.3. The number of nitrogens with zero attached hydrogens (tertiary/aromatic N) is 4. The molecule has 2 N–H and O–H groups in total. The van der Waals surface area contributed by atoms with E-state index in [4.69, 9.17) is 5.73 Å². The minimum atomic E-state index is 0.496. The van der Waals surface area contributed by atoms with Gasteiger partial charge in [0.1, 0.15) is 12.1 Å². The molecular weight excluding hydrogens is 238 g/mol. The molecule has 0 saturated heterocycles. The summed E-state index contributed by atoms with van der Waals surface area (Å²) in [6.07, 6.45) is 2.22. The van der Waals surface area contributed by atoms with Crippen molar-refractivity contribution in [1.82, 2.24) is 19.7 Å². The van der Waals surface area contributed by atoms with E-state index in [-0.39, 0.29) is 0 Å². The molecule has 3 aromatic rings. The maximum atomic E-state index is 5.97. The normalized spacial score (nSPS) is 11.0. The second-order valence-corrected chi connectivity index (χ2v) is 4.38. The summed E-state index contributed by atoms with van der Waals surface area (Å²) in [5.41, 5.74) is 8.91. The molecular formula is C14H15N5. The zero-order chi connectivity index (χ0) is 13.2. The maximum Gasteiger partial charge on any atom is 0.163 e. The van der Waals surface area contributed by atoms with Crippen molar-refractivity contribution in [3.8, 4) is 0 Å². The van der Waals surface area contributed by atoms with Gasteiger partial charge < -0.3 is 5.73 Å². The van der Waals surface area contributed by atoms with Gasteiger partial charge in [0, 0.05) is 13.0 Å². The Bertz CT molecular complexity index is 702. The average Bonchev–Trinajstić information content (AvgIpc) is 2.79. The van der Waals surface area contributed by atoms with Crippen LogP contribution in [0.1, 0.15) is 18.2 Å². The zero-order valence-corrected chi connectivity index (χ0v) is 10.7. The van der Waals surface area contributed by atoms with Crippen LogP contribution >= 0.6 is 0 Å². The van der Waals surface area contributed by atoms with Gasteiger partial charge in [-0.1, -0.05) is 30.3 Å². The van der Waals surface area contributed by atoms with Gasteiger partial charge in [0.05, 0.1) is 11.1 Å². The van der Waals surface area contributed by atoms with Gasteiger partial charge in [0.15, 0.2) is 5.65 Å². The Hall–Kier alpha value is -2.43. The first-order valence-electron chi connectivity index (χ1n) is 6.29. The van der Waals surface area contributed by atoms with Crippen LogP contribution < -0.4 is 5.73 Å². The van der Waals surface area contributed by atoms with E-state index in [1.54, 1.807) is 0 Å². The Kier molecular flexibility index (Phi) is 2.87. The number of aromatic nitrogens is 4. The topological polar surface area (TPSA) is 69.6 Å². The summed E-state index contributed by atoms with van der Waals surface area (Å²) in [5.74, 6) is 0.496. The van der Waals surface area contributed by atoms with Crippen molar-refractivity contribution in [3.05, 3.63) is 47.9 Å². The molecule has 19 heavy (non-hydrogen) atoms. The second kappa shape index (κ2) is 4.68.